The van der Waals surface area contributed by atoms with Crippen LogP contribution < -0.4 is 21.3 Å². The van der Waals surface area contributed by atoms with Gasteiger partial charge in [0.25, 0.3) is 0 Å². The number of aliphatic hydroxyl groups is 1. The summed E-state index contributed by atoms with van der Waals surface area (Å²) >= 11 is 1.54. The van der Waals surface area contributed by atoms with Crippen LogP contribution in [0.1, 0.15) is 6.42 Å². The van der Waals surface area contributed by atoms with E-state index < -0.39 is 0 Å². The number of nitrogens with one attached hydrogen (secondary N) is 4. The van der Waals surface area contributed by atoms with E-state index in [9.17, 15) is 0 Å². The number of rotatable bonds is 8. The number of thiazole rings is 1. The molecule has 10 heteroatoms. The van der Waals surface area contributed by atoms with Crippen molar-refractivity contribution in [2.24, 2.45) is 5.92 Å². The zero-order valence-corrected chi connectivity index (χ0v) is 15.6. The molecule has 0 radical (unpaired) electrons. The second-order valence-corrected chi connectivity index (χ2v) is 7.34. The van der Waals surface area contributed by atoms with E-state index in [1.54, 1.807) is 11.3 Å². The van der Waals surface area contributed by atoms with Crippen molar-refractivity contribution in [2.45, 2.75) is 6.42 Å². The third-order valence-corrected chi connectivity index (χ3v) is 5.21. The van der Waals surface area contributed by atoms with Crippen LogP contribution in [0.5, 0.6) is 0 Å². The first-order chi connectivity index (χ1) is 13.3. The number of nitrogens with zero attached hydrogens (tertiary/aromatic N) is 4. The average molecular weight is 386 g/mol. The molecule has 1 aliphatic rings. The van der Waals surface area contributed by atoms with Crippen LogP contribution in [0, 0.1) is 5.92 Å². The molecule has 142 valence electrons. The second-order valence-electron chi connectivity index (χ2n) is 6.31. The molecule has 27 heavy (non-hydrogen) atoms. The van der Waals surface area contributed by atoms with Crippen molar-refractivity contribution in [3.8, 4) is 0 Å². The monoisotopic (exact) mass is 386 g/mol. The van der Waals surface area contributed by atoms with Gasteiger partial charge in [0, 0.05) is 13.1 Å². The lowest BCUT2D eigenvalue weighted by atomic mass is 10.1. The van der Waals surface area contributed by atoms with Gasteiger partial charge in [-0.3, -0.25) is 5.32 Å². The maximum atomic E-state index is 9.05. The molecule has 0 bridgehead atoms. The Bertz CT molecular complexity index is 863. The summed E-state index contributed by atoms with van der Waals surface area (Å²) < 4.78 is 1.10. The summed E-state index contributed by atoms with van der Waals surface area (Å²) in [5, 5.41) is 22.6. The van der Waals surface area contributed by atoms with Gasteiger partial charge in [0.15, 0.2) is 5.13 Å². The molecule has 4 rings (SSSR count). The minimum absolute atomic E-state index is 0.00280. The quantitative estimate of drug-likeness (QED) is 0.393. The van der Waals surface area contributed by atoms with Crippen molar-refractivity contribution in [3.05, 3.63) is 24.3 Å². The molecule has 1 aromatic carbocycles. The molecule has 0 amide bonds. The minimum Gasteiger partial charge on any atom is -0.395 e. The maximum absolute atomic E-state index is 9.05. The Morgan fingerprint density at radius 3 is 2.67 bits per heavy atom. The zero-order chi connectivity index (χ0) is 18.5. The van der Waals surface area contributed by atoms with E-state index in [0.29, 0.717) is 30.3 Å². The molecule has 3 heterocycles. The molecular weight excluding hydrogens is 364 g/mol. The van der Waals surface area contributed by atoms with E-state index in [2.05, 4.69) is 41.2 Å². The van der Waals surface area contributed by atoms with Gasteiger partial charge in [-0.2, -0.15) is 15.0 Å². The Morgan fingerprint density at radius 2 is 1.89 bits per heavy atom. The van der Waals surface area contributed by atoms with E-state index in [1.807, 2.05) is 24.3 Å². The van der Waals surface area contributed by atoms with Gasteiger partial charge in [0.05, 0.1) is 16.8 Å². The zero-order valence-electron chi connectivity index (χ0n) is 14.8. The van der Waals surface area contributed by atoms with Crippen molar-refractivity contribution in [1.82, 2.24) is 25.3 Å². The van der Waals surface area contributed by atoms with Gasteiger partial charge in [-0.05, 0) is 37.6 Å². The molecule has 5 N–H and O–H groups in total. The lowest BCUT2D eigenvalue weighted by Crippen LogP contribution is -2.19. The van der Waals surface area contributed by atoms with Gasteiger partial charge in [-0.15, -0.1) is 0 Å². The Hall–Kier alpha value is -2.56. The Morgan fingerprint density at radius 1 is 1.07 bits per heavy atom. The molecule has 0 spiro atoms. The van der Waals surface area contributed by atoms with Crippen molar-refractivity contribution in [1.29, 1.82) is 0 Å². The number of aromatic nitrogens is 4. The molecule has 1 saturated heterocycles. The smallest absolute Gasteiger partial charge is 0.235 e. The predicted octanol–water partition coefficient (Wildman–Crippen LogP) is 1.65. The van der Waals surface area contributed by atoms with Gasteiger partial charge >= 0.3 is 0 Å². The summed E-state index contributed by atoms with van der Waals surface area (Å²) in [6.45, 7) is 3.23. The summed E-state index contributed by atoms with van der Waals surface area (Å²) in [4.78, 5) is 17.8. The number of fused-ring (bicyclic) bond motifs is 1. The van der Waals surface area contributed by atoms with Crippen LogP contribution >= 0.6 is 11.3 Å². The fraction of sp³-hybridized carbons (Fsp3) is 0.412. The SMILES string of the molecule is OCCNc1nc(NC[C@@H]2CCNC2)nc(Nc2nc3ccccc3s2)n1. The second kappa shape index (κ2) is 8.42. The molecule has 2 aromatic heterocycles. The molecule has 9 nitrogen and oxygen atoms in total. The molecule has 0 aliphatic carbocycles. The summed E-state index contributed by atoms with van der Waals surface area (Å²) in [5.41, 5.74) is 0.935. The first kappa shape index (κ1) is 17.8. The first-order valence-electron chi connectivity index (χ1n) is 8.98. The Kier molecular flexibility index (Phi) is 5.56. The average Bonchev–Trinajstić information content (AvgIpc) is 3.33. The van der Waals surface area contributed by atoms with Crippen molar-refractivity contribution in [2.75, 3.05) is 48.7 Å². The number of hydrogen-bond acceptors (Lipinski definition) is 10. The van der Waals surface area contributed by atoms with Gasteiger partial charge in [0.2, 0.25) is 17.8 Å². The van der Waals surface area contributed by atoms with Crippen LogP contribution in [-0.4, -0.2) is 57.8 Å². The van der Waals surface area contributed by atoms with Gasteiger partial charge < -0.3 is 21.1 Å². The number of para-hydroxylation sites is 1. The molecule has 1 atom stereocenters. The van der Waals surface area contributed by atoms with Crippen LogP contribution in [0.2, 0.25) is 0 Å². The predicted molar refractivity (Wildman–Crippen MR) is 108 cm³/mol. The maximum Gasteiger partial charge on any atom is 0.235 e. The lowest BCUT2D eigenvalue weighted by molar-refractivity contribution is 0.311. The fourth-order valence-electron chi connectivity index (χ4n) is 2.90. The van der Waals surface area contributed by atoms with E-state index in [0.717, 1.165) is 41.4 Å². The van der Waals surface area contributed by atoms with Crippen LogP contribution in [0.15, 0.2) is 24.3 Å². The highest BCUT2D eigenvalue weighted by molar-refractivity contribution is 7.22. The molecular formula is C17H22N8OS. The number of benzene rings is 1. The molecule has 0 unspecified atom stereocenters. The van der Waals surface area contributed by atoms with E-state index in [1.165, 1.54) is 0 Å². The van der Waals surface area contributed by atoms with E-state index in [4.69, 9.17) is 5.11 Å². The first-order valence-corrected chi connectivity index (χ1v) is 9.80. The van der Waals surface area contributed by atoms with Gasteiger partial charge in [0.1, 0.15) is 0 Å². The van der Waals surface area contributed by atoms with Crippen LogP contribution in [-0.2, 0) is 0 Å². The standard InChI is InChI=1S/C17H22N8OS/c26-8-7-19-14-22-15(20-10-11-5-6-18-9-11)24-16(23-14)25-17-21-12-3-1-2-4-13(12)27-17/h1-4,11,18,26H,5-10H2,(H3,19,20,21,22,23,24,25)/t11-/m1/s1. The van der Waals surface area contributed by atoms with Gasteiger partial charge in [-0.1, -0.05) is 23.5 Å². The Labute approximate surface area is 160 Å². The topological polar surface area (TPSA) is 120 Å². The highest BCUT2D eigenvalue weighted by Crippen LogP contribution is 2.27. The highest BCUT2D eigenvalue weighted by Gasteiger charge is 2.15. The van der Waals surface area contributed by atoms with Crippen molar-refractivity contribution in [3.63, 3.8) is 0 Å². The minimum atomic E-state index is 0.00280. The molecule has 3 aromatic rings. The number of aliphatic hydroxyl groups excluding tert-OH is 1. The third kappa shape index (κ3) is 4.59. The summed E-state index contributed by atoms with van der Waals surface area (Å²) in [5.74, 6) is 1.89. The van der Waals surface area contributed by atoms with E-state index >= 15 is 0 Å². The fourth-order valence-corrected chi connectivity index (χ4v) is 3.76. The summed E-state index contributed by atoms with van der Waals surface area (Å²) in [6.07, 6.45) is 1.14. The summed E-state index contributed by atoms with van der Waals surface area (Å²) in [7, 11) is 0. The molecule has 1 aliphatic heterocycles. The van der Waals surface area contributed by atoms with Crippen molar-refractivity contribution >= 4 is 44.5 Å². The Balaban J connectivity index is 1.52. The summed E-state index contributed by atoms with van der Waals surface area (Å²) in [6, 6.07) is 7.96. The van der Waals surface area contributed by atoms with E-state index in [-0.39, 0.29) is 6.61 Å². The van der Waals surface area contributed by atoms with Crippen LogP contribution in [0.3, 0.4) is 0 Å². The largest absolute Gasteiger partial charge is 0.395 e. The molecule has 1 fully saturated rings. The normalized spacial score (nSPS) is 16.6. The number of anilines is 4. The van der Waals surface area contributed by atoms with Gasteiger partial charge in [-0.25, -0.2) is 4.98 Å². The van der Waals surface area contributed by atoms with Crippen LogP contribution in [0.4, 0.5) is 23.0 Å². The third-order valence-electron chi connectivity index (χ3n) is 4.25. The van der Waals surface area contributed by atoms with Crippen LogP contribution in [0.25, 0.3) is 10.2 Å². The van der Waals surface area contributed by atoms with Crippen molar-refractivity contribution < 1.29 is 5.11 Å². The highest BCUT2D eigenvalue weighted by atomic mass is 32.1. The lowest BCUT2D eigenvalue weighted by Gasteiger charge is -2.12. The number of hydrogen-bond donors (Lipinski definition) is 5. The molecule has 0 saturated carbocycles.